The van der Waals surface area contributed by atoms with Crippen molar-refractivity contribution in [1.29, 1.82) is 0 Å². The van der Waals surface area contributed by atoms with Crippen LogP contribution in [0.25, 0.3) is 10.9 Å². The van der Waals surface area contributed by atoms with Crippen LogP contribution in [-0.2, 0) is 0 Å². The fraction of sp³-hybridized carbons (Fsp3) is 0.167. The summed E-state index contributed by atoms with van der Waals surface area (Å²) in [6.07, 6.45) is 1.78. The van der Waals surface area contributed by atoms with Crippen molar-refractivity contribution in [3.8, 4) is 0 Å². The second kappa shape index (κ2) is 6.02. The molecule has 1 heterocycles. The van der Waals surface area contributed by atoms with Crippen LogP contribution in [0.15, 0.2) is 60.8 Å². The molecule has 0 spiro atoms. The molecule has 3 heteroatoms. The van der Waals surface area contributed by atoms with E-state index in [0.29, 0.717) is 5.56 Å². The van der Waals surface area contributed by atoms with Crippen molar-refractivity contribution in [2.75, 3.05) is 6.54 Å². The second-order valence-corrected chi connectivity index (χ2v) is 4.97. The average molecular weight is 280 g/mol. The molecule has 0 aliphatic carbocycles. The van der Waals surface area contributed by atoms with Crippen LogP contribution < -0.4 is 5.32 Å². The number of benzene rings is 2. The van der Waals surface area contributed by atoms with Crippen molar-refractivity contribution in [3.63, 3.8) is 0 Å². The molecule has 0 bridgehead atoms. The summed E-state index contributed by atoms with van der Waals surface area (Å²) in [6.45, 7) is 2.79. The molecule has 2 nitrogen and oxygen atoms in total. The molecule has 0 saturated carbocycles. The Morgan fingerprint density at radius 3 is 2.76 bits per heavy atom. The molecule has 0 aliphatic heterocycles. The highest BCUT2D eigenvalue weighted by atomic mass is 19.1. The molecule has 0 radical (unpaired) electrons. The van der Waals surface area contributed by atoms with Crippen LogP contribution in [0.5, 0.6) is 0 Å². The van der Waals surface area contributed by atoms with Gasteiger partial charge in [-0.2, -0.15) is 0 Å². The van der Waals surface area contributed by atoms with E-state index < -0.39 is 0 Å². The van der Waals surface area contributed by atoms with Gasteiger partial charge in [0.25, 0.3) is 0 Å². The summed E-state index contributed by atoms with van der Waals surface area (Å²) in [6, 6.07) is 16.8. The van der Waals surface area contributed by atoms with Crippen molar-refractivity contribution in [1.82, 2.24) is 10.3 Å². The molecule has 0 fully saturated rings. The standard InChI is InChI=1S/C18H17FN2/c1-2-20-18(15-7-3-4-8-16(15)19)14-9-10-17-13(12-14)6-5-11-21-17/h3-12,18,20H,2H2,1H3. The van der Waals surface area contributed by atoms with Gasteiger partial charge in [0.05, 0.1) is 11.6 Å². The summed E-state index contributed by atoms with van der Waals surface area (Å²) in [5.74, 6) is -0.185. The van der Waals surface area contributed by atoms with E-state index in [1.54, 1.807) is 12.3 Å². The Morgan fingerprint density at radius 2 is 1.95 bits per heavy atom. The average Bonchev–Trinajstić information content (AvgIpc) is 2.53. The third-order valence-corrected chi connectivity index (χ3v) is 3.58. The first kappa shape index (κ1) is 13.7. The normalized spacial score (nSPS) is 12.5. The van der Waals surface area contributed by atoms with Crippen LogP contribution in [0, 0.1) is 5.82 Å². The number of hydrogen-bond acceptors (Lipinski definition) is 2. The number of nitrogens with one attached hydrogen (secondary N) is 1. The quantitative estimate of drug-likeness (QED) is 0.779. The predicted molar refractivity (Wildman–Crippen MR) is 83.7 cm³/mol. The minimum Gasteiger partial charge on any atom is -0.306 e. The molecular formula is C18H17FN2. The van der Waals surface area contributed by atoms with E-state index in [4.69, 9.17) is 0 Å². The van der Waals surface area contributed by atoms with Crippen LogP contribution in [0.2, 0.25) is 0 Å². The molecule has 0 saturated heterocycles. The molecule has 21 heavy (non-hydrogen) atoms. The second-order valence-electron chi connectivity index (χ2n) is 4.97. The van der Waals surface area contributed by atoms with E-state index >= 15 is 0 Å². The van der Waals surface area contributed by atoms with E-state index in [9.17, 15) is 4.39 Å². The minimum absolute atomic E-state index is 0.152. The monoisotopic (exact) mass is 280 g/mol. The summed E-state index contributed by atoms with van der Waals surface area (Å²) < 4.78 is 14.1. The molecule has 106 valence electrons. The Hall–Kier alpha value is -2.26. The lowest BCUT2D eigenvalue weighted by molar-refractivity contribution is 0.559. The summed E-state index contributed by atoms with van der Waals surface area (Å²) in [7, 11) is 0. The molecule has 1 unspecified atom stereocenters. The van der Waals surface area contributed by atoms with Gasteiger partial charge in [-0.3, -0.25) is 4.98 Å². The van der Waals surface area contributed by atoms with Crippen LogP contribution in [-0.4, -0.2) is 11.5 Å². The topological polar surface area (TPSA) is 24.9 Å². The van der Waals surface area contributed by atoms with Crippen molar-refractivity contribution in [2.45, 2.75) is 13.0 Å². The van der Waals surface area contributed by atoms with Crippen molar-refractivity contribution >= 4 is 10.9 Å². The largest absolute Gasteiger partial charge is 0.306 e. The van der Waals surface area contributed by atoms with Crippen molar-refractivity contribution in [3.05, 3.63) is 77.7 Å². The molecule has 2 aromatic carbocycles. The van der Waals surface area contributed by atoms with Gasteiger partial charge in [0.2, 0.25) is 0 Å². The van der Waals surface area contributed by atoms with Gasteiger partial charge in [-0.25, -0.2) is 4.39 Å². The molecule has 1 aromatic heterocycles. The molecular weight excluding hydrogens is 263 g/mol. The van der Waals surface area contributed by atoms with Crippen LogP contribution in [0.3, 0.4) is 0 Å². The zero-order valence-corrected chi connectivity index (χ0v) is 11.9. The number of pyridine rings is 1. The summed E-state index contributed by atoms with van der Waals surface area (Å²) in [4.78, 5) is 4.32. The molecule has 1 atom stereocenters. The number of halogens is 1. The van der Waals surface area contributed by atoms with E-state index in [-0.39, 0.29) is 11.9 Å². The Balaban J connectivity index is 2.09. The smallest absolute Gasteiger partial charge is 0.128 e. The van der Waals surface area contributed by atoms with Gasteiger partial charge < -0.3 is 5.32 Å². The minimum atomic E-state index is -0.185. The molecule has 0 amide bonds. The molecule has 1 N–H and O–H groups in total. The lowest BCUT2D eigenvalue weighted by Crippen LogP contribution is -2.23. The first-order valence-electron chi connectivity index (χ1n) is 7.12. The lowest BCUT2D eigenvalue weighted by atomic mass is 9.97. The van der Waals surface area contributed by atoms with Gasteiger partial charge in [-0.05, 0) is 36.4 Å². The third-order valence-electron chi connectivity index (χ3n) is 3.58. The number of aromatic nitrogens is 1. The maximum Gasteiger partial charge on any atom is 0.128 e. The SMILES string of the molecule is CCNC(c1ccc2ncccc2c1)c1ccccc1F. The number of nitrogens with zero attached hydrogens (tertiary/aromatic N) is 1. The molecule has 3 rings (SSSR count). The Labute approximate surface area is 123 Å². The van der Waals surface area contributed by atoms with Crippen LogP contribution in [0.4, 0.5) is 4.39 Å². The van der Waals surface area contributed by atoms with Gasteiger partial charge in [-0.1, -0.05) is 37.3 Å². The van der Waals surface area contributed by atoms with Gasteiger partial charge in [0.15, 0.2) is 0 Å². The predicted octanol–water partition coefficient (Wildman–Crippen LogP) is 4.07. The number of rotatable bonds is 4. The van der Waals surface area contributed by atoms with E-state index in [1.165, 1.54) is 6.07 Å². The van der Waals surface area contributed by atoms with Gasteiger partial charge in [-0.15, -0.1) is 0 Å². The maximum atomic E-state index is 14.1. The highest BCUT2D eigenvalue weighted by molar-refractivity contribution is 5.79. The van der Waals surface area contributed by atoms with Crippen molar-refractivity contribution in [2.24, 2.45) is 0 Å². The third kappa shape index (κ3) is 2.78. The van der Waals surface area contributed by atoms with Gasteiger partial charge in [0, 0.05) is 17.1 Å². The summed E-state index contributed by atoms with van der Waals surface area (Å²) in [5, 5.41) is 4.42. The first-order valence-corrected chi connectivity index (χ1v) is 7.12. The first-order chi connectivity index (χ1) is 10.3. The molecule has 3 aromatic rings. The highest BCUT2D eigenvalue weighted by Gasteiger charge is 2.16. The zero-order chi connectivity index (χ0) is 14.7. The Bertz CT molecular complexity index is 755. The van der Waals surface area contributed by atoms with Crippen molar-refractivity contribution < 1.29 is 4.39 Å². The van der Waals surface area contributed by atoms with Crippen LogP contribution >= 0.6 is 0 Å². The fourth-order valence-corrected chi connectivity index (χ4v) is 2.59. The maximum absolute atomic E-state index is 14.1. The zero-order valence-electron chi connectivity index (χ0n) is 11.9. The fourth-order valence-electron chi connectivity index (χ4n) is 2.59. The summed E-state index contributed by atoms with van der Waals surface area (Å²) >= 11 is 0. The lowest BCUT2D eigenvalue weighted by Gasteiger charge is -2.20. The number of fused-ring (bicyclic) bond motifs is 1. The van der Waals surface area contributed by atoms with E-state index in [1.807, 2.05) is 43.3 Å². The molecule has 0 aliphatic rings. The highest BCUT2D eigenvalue weighted by Crippen LogP contribution is 2.26. The Kier molecular flexibility index (Phi) is 3.93. The van der Waals surface area contributed by atoms with E-state index in [0.717, 1.165) is 23.0 Å². The Morgan fingerprint density at radius 1 is 1.10 bits per heavy atom. The van der Waals surface area contributed by atoms with Gasteiger partial charge in [0.1, 0.15) is 5.82 Å². The van der Waals surface area contributed by atoms with Crippen LogP contribution in [0.1, 0.15) is 24.1 Å². The number of hydrogen-bond donors (Lipinski definition) is 1. The van der Waals surface area contributed by atoms with Gasteiger partial charge >= 0.3 is 0 Å². The summed E-state index contributed by atoms with van der Waals surface area (Å²) in [5.41, 5.74) is 2.66. The van der Waals surface area contributed by atoms with E-state index in [2.05, 4.69) is 16.4 Å².